The maximum Gasteiger partial charge on any atom is 0.311 e. The van der Waals surface area contributed by atoms with E-state index in [2.05, 4.69) is 6.92 Å². The van der Waals surface area contributed by atoms with Crippen molar-refractivity contribution in [2.45, 2.75) is 39.3 Å². The van der Waals surface area contributed by atoms with Crippen molar-refractivity contribution < 1.29 is 14.5 Å². The lowest BCUT2D eigenvalue weighted by molar-refractivity contribution is -0.385. The smallest absolute Gasteiger partial charge is 0.311 e. The maximum absolute atomic E-state index is 12.9. The van der Waals surface area contributed by atoms with Gasteiger partial charge in [0.05, 0.1) is 4.92 Å². The number of carbonyl (C=O) groups is 1. The molecule has 0 aromatic heterocycles. The normalized spacial score (nSPS) is 14.4. The molecule has 1 amide bonds. The topological polar surface area (TPSA) is 72.7 Å². The second kappa shape index (κ2) is 8.20. The Hall–Kier alpha value is -2.89. The average Bonchev–Trinajstić information content (AvgIpc) is 3.50. The third kappa shape index (κ3) is 4.84. The zero-order chi connectivity index (χ0) is 19.4. The summed E-state index contributed by atoms with van der Waals surface area (Å²) >= 11 is 0. The van der Waals surface area contributed by atoms with Gasteiger partial charge in [0.25, 0.3) is 5.91 Å². The summed E-state index contributed by atoms with van der Waals surface area (Å²) in [6, 6.07) is 14.7. The van der Waals surface area contributed by atoms with Crippen LogP contribution < -0.4 is 4.74 Å². The summed E-state index contributed by atoms with van der Waals surface area (Å²) in [5.41, 5.74) is 1.71. The molecular weight excluding hydrogens is 344 g/mol. The van der Waals surface area contributed by atoms with Crippen LogP contribution in [0.1, 0.15) is 30.9 Å². The summed E-state index contributed by atoms with van der Waals surface area (Å²) in [5, 5.41) is 11.2. The highest BCUT2D eigenvalue weighted by Crippen LogP contribution is 2.36. The van der Waals surface area contributed by atoms with E-state index in [1.54, 1.807) is 19.1 Å². The van der Waals surface area contributed by atoms with Crippen molar-refractivity contribution >= 4 is 11.6 Å². The molecule has 0 aliphatic heterocycles. The number of nitrogens with zero attached hydrogens (tertiary/aromatic N) is 2. The molecule has 6 heteroatoms. The summed E-state index contributed by atoms with van der Waals surface area (Å²) in [7, 11) is 0. The quantitative estimate of drug-likeness (QED) is 0.519. The predicted molar refractivity (Wildman–Crippen MR) is 103 cm³/mol. The number of hydrogen-bond donors (Lipinski definition) is 0. The van der Waals surface area contributed by atoms with Crippen molar-refractivity contribution in [1.29, 1.82) is 0 Å². The van der Waals surface area contributed by atoms with E-state index in [-0.39, 0.29) is 30.0 Å². The summed E-state index contributed by atoms with van der Waals surface area (Å²) in [4.78, 5) is 25.4. The van der Waals surface area contributed by atoms with Crippen LogP contribution in [-0.4, -0.2) is 28.4 Å². The van der Waals surface area contributed by atoms with E-state index < -0.39 is 4.92 Å². The standard InChI is InChI=1S/C21H24N2O4/c1-15-8-11-20(19(12-15)23(25)26)27-14-21(24)22(16(2)18-9-10-18)13-17-6-4-3-5-7-17/h3-8,11-12,16,18H,9-10,13-14H2,1-2H3. The fourth-order valence-electron chi connectivity index (χ4n) is 3.19. The second-order valence-corrected chi connectivity index (χ2v) is 7.10. The van der Waals surface area contributed by atoms with Gasteiger partial charge >= 0.3 is 5.69 Å². The molecule has 2 aromatic carbocycles. The van der Waals surface area contributed by atoms with Crippen LogP contribution in [0.2, 0.25) is 0 Å². The Morgan fingerprint density at radius 2 is 1.96 bits per heavy atom. The lowest BCUT2D eigenvalue weighted by atomic mass is 10.1. The van der Waals surface area contributed by atoms with Crippen LogP contribution >= 0.6 is 0 Å². The van der Waals surface area contributed by atoms with E-state index in [0.29, 0.717) is 12.5 Å². The molecule has 1 atom stereocenters. The van der Waals surface area contributed by atoms with Crippen LogP contribution in [0.3, 0.4) is 0 Å². The van der Waals surface area contributed by atoms with Gasteiger partial charge in [-0.05, 0) is 49.8 Å². The van der Waals surface area contributed by atoms with E-state index in [1.165, 1.54) is 6.07 Å². The number of rotatable bonds is 8. The SMILES string of the molecule is Cc1ccc(OCC(=O)N(Cc2ccccc2)C(C)C2CC2)c([N+](=O)[O-])c1. The molecule has 0 saturated heterocycles. The van der Waals surface area contributed by atoms with Crippen molar-refractivity contribution in [3.63, 3.8) is 0 Å². The van der Waals surface area contributed by atoms with Crippen molar-refractivity contribution in [3.05, 3.63) is 69.8 Å². The fourth-order valence-corrected chi connectivity index (χ4v) is 3.19. The molecule has 1 unspecified atom stereocenters. The molecule has 6 nitrogen and oxygen atoms in total. The number of carbonyl (C=O) groups excluding carboxylic acids is 1. The van der Waals surface area contributed by atoms with Gasteiger partial charge < -0.3 is 9.64 Å². The molecule has 0 N–H and O–H groups in total. The van der Waals surface area contributed by atoms with Crippen molar-refractivity contribution in [2.24, 2.45) is 5.92 Å². The average molecular weight is 368 g/mol. The molecule has 0 bridgehead atoms. The van der Waals surface area contributed by atoms with Gasteiger partial charge in [-0.3, -0.25) is 14.9 Å². The molecule has 0 heterocycles. The number of benzene rings is 2. The van der Waals surface area contributed by atoms with Gasteiger partial charge in [0.1, 0.15) is 0 Å². The van der Waals surface area contributed by atoms with Crippen LogP contribution in [0.25, 0.3) is 0 Å². The Morgan fingerprint density at radius 1 is 1.26 bits per heavy atom. The highest BCUT2D eigenvalue weighted by molar-refractivity contribution is 5.78. The molecule has 0 radical (unpaired) electrons. The Labute approximate surface area is 158 Å². The fraction of sp³-hybridized carbons (Fsp3) is 0.381. The summed E-state index contributed by atoms with van der Waals surface area (Å²) in [6.45, 7) is 4.14. The van der Waals surface area contributed by atoms with Gasteiger partial charge in [-0.25, -0.2) is 0 Å². The molecular formula is C21H24N2O4. The zero-order valence-corrected chi connectivity index (χ0v) is 15.6. The predicted octanol–water partition coefficient (Wildman–Crippen LogP) is 4.11. The lowest BCUT2D eigenvalue weighted by Gasteiger charge is -2.29. The molecule has 142 valence electrons. The van der Waals surface area contributed by atoms with Crippen LogP contribution in [0.4, 0.5) is 5.69 Å². The first kappa shape index (κ1) is 18.9. The molecule has 3 rings (SSSR count). The Bertz CT molecular complexity index is 818. The molecule has 1 fully saturated rings. The second-order valence-electron chi connectivity index (χ2n) is 7.10. The number of aryl methyl sites for hydroxylation is 1. The highest BCUT2D eigenvalue weighted by atomic mass is 16.6. The highest BCUT2D eigenvalue weighted by Gasteiger charge is 2.34. The van der Waals surface area contributed by atoms with Gasteiger partial charge in [0, 0.05) is 18.7 Å². The first-order valence-electron chi connectivity index (χ1n) is 9.17. The van der Waals surface area contributed by atoms with E-state index in [4.69, 9.17) is 4.74 Å². The van der Waals surface area contributed by atoms with Crippen molar-refractivity contribution in [2.75, 3.05) is 6.61 Å². The molecule has 1 aliphatic rings. The Kier molecular flexibility index (Phi) is 5.74. The van der Waals surface area contributed by atoms with E-state index in [1.807, 2.05) is 35.2 Å². The minimum Gasteiger partial charge on any atom is -0.477 e. The molecule has 1 aliphatic carbocycles. The molecule has 27 heavy (non-hydrogen) atoms. The molecule has 1 saturated carbocycles. The van der Waals surface area contributed by atoms with Gasteiger partial charge in [-0.2, -0.15) is 0 Å². The molecule has 0 spiro atoms. The maximum atomic E-state index is 12.9. The van der Waals surface area contributed by atoms with Gasteiger partial charge in [0.2, 0.25) is 0 Å². The van der Waals surface area contributed by atoms with Crippen molar-refractivity contribution in [1.82, 2.24) is 4.90 Å². The van der Waals surface area contributed by atoms with Crippen LogP contribution in [-0.2, 0) is 11.3 Å². The summed E-state index contributed by atoms with van der Waals surface area (Å²) in [6.07, 6.45) is 2.26. The summed E-state index contributed by atoms with van der Waals surface area (Å²) < 4.78 is 5.55. The Balaban J connectivity index is 1.72. The van der Waals surface area contributed by atoms with E-state index >= 15 is 0 Å². The monoisotopic (exact) mass is 368 g/mol. The van der Waals surface area contributed by atoms with Gasteiger partial charge in [-0.15, -0.1) is 0 Å². The number of hydrogen-bond acceptors (Lipinski definition) is 4. The third-order valence-electron chi connectivity index (χ3n) is 4.97. The number of ether oxygens (including phenoxy) is 1. The van der Waals surface area contributed by atoms with Crippen LogP contribution in [0, 0.1) is 23.0 Å². The minimum absolute atomic E-state index is 0.118. The summed E-state index contributed by atoms with van der Waals surface area (Å²) in [5.74, 6) is 0.484. The number of nitro groups is 1. The van der Waals surface area contributed by atoms with Crippen LogP contribution in [0.15, 0.2) is 48.5 Å². The molecule has 2 aromatic rings. The number of amides is 1. The van der Waals surface area contributed by atoms with E-state index in [0.717, 1.165) is 24.0 Å². The Morgan fingerprint density at radius 3 is 2.59 bits per heavy atom. The van der Waals surface area contributed by atoms with Gasteiger partial charge in [0.15, 0.2) is 12.4 Å². The largest absolute Gasteiger partial charge is 0.477 e. The van der Waals surface area contributed by atoms with E-state index in [9.17, 15) is 14.9 Å². The van der Waals surface area contributed by atoms with Crippen LogP contribution in [0.5, 0.6) is 5.75 Å². The van der Waals surface area contributed by atoms with Gasteiger partial charge in [-0.1, -0.05) is 36.4 Å². The number of nitro benzene ring substituents is 1. The lowest BCUT2D eigenvalue weighted by Crippen LogP contribution is -2.42. The zero-order valence-electron chi connectivity index (χ0n) is 15.6. The van der Waals surface area contributed by atoms with Crippen molar-refractivity contribution in [3.8, 4) is 5.75 Å². The minimum atomic E-state index is -0.485. The first-order valence-corrected chi connectivity index (χ1v) is 9.17. The first-order chi connectivity index (χ1) is 13.0. The third-order valence-corrected chi connectivity index (χ3v) is 4.97.